The van der Waals surface area contributed by atoms with E-state index >= 15 is 0 Å². The topological polar surface area (TPSA) is 85.3 Å². The van der Waals surface area contributed by atoms with Crippen LogP contribution in [0.25, 0.3) is 11.5 Å². The maximum Gasteiger partial charge on any atom is 0.248 e. The molecule has 0 spiro atoms. The number of halogens is 1. The first-order chi connectivity index (χ1) is 13.0. The van der Waals surface area contributed by atoms with Crippen LogP contribution >= 0.6 is 15.9 Å². The van der Waals surface area contributed by atoms with Crippen LogP contribution in [-0.2, 0) is 11.3 Å². The lowest BCUT2D eigenvalue weighted by Crippen LogP contribution is -2.41. The van der Waals surface area contributed by atoms with Gasteiger partial charge in [-0.05, 0) is 53.0 Å². The third kappa shape index (κ3) is 3.35. The second kappa shape index (κ2) is 7.15. The third-order valence-corrected chi connectivity index (χ3v) is 5.64. The van der Waals surface area contributed by atoms with Crippen LogP contribution in [-0.4, -0.2) is 22.1 Å². The predicted octanol–water partition coefficient (Wildman–Crippen LogP) is 3.87. The first kappa shape index (κ1) is 17.7. The van der Waals surface area contributed by atoms with Gasteiger partial charge in [-0.3, -0.25) is 4.79 Å². The molecule has 7 heteroatoms. The van der Waals surface area contributed by atoms with Gasteiger partial charge in [0.25, 0.3) is 0 Å². The van der Waals surface area contributed by atoms with Gasteiger partial charge < -0.3 is 15.1 Å². The van der Waals surface area contributed by atoms with Crippen molar-refractivity contribution in [2.24, 2.45) is 5.73 Å². The molecule has 0 saturated heterocycles. The van der Waals surface area contributed by atoms with Crippen molar-refractivity contribution in [2.75, 3.05) is 4.90 Å². The van der Waals surface area contributed by atoms with Gasteiger partial charge in [0.05, 0.1) is 18.0 Å². The Morgan fingerprint density at radius 3 is 2.74 bits per heavy atom. The number of carbonyl (C=O) groups is 1. The standard InChI is InChI=1S/C20H19BrN4O2/c1-12-10-15(19(22)26)13-6-3-5-9-17(13)25(12)11-18-23-24-20(27-18)14-7-2-4-8-16(14)21/h2-9,12,15H,10-11H2,1H3,(H2,22,26)/t12-,15+/m0/s1. The molecule has 27 heavy (non-hydrogen) atoms. The summed E-state index contributed by atoms with van der Waals surface area (Å²) in [6.07, 6.45) is 0.664. The average molecular weight is 427 g/mol. The Bertz CT molecular complexity index is 987. The van der Waals surface area contributed by atoms with Crippen molar-refractivity contribution in [1.82, 2.24) is 10.2 Å². The number of fused-ring (bicyclic) bond motifs is 1. The molecular weight excluding hydrogens is 408 g/mol. The Hall–Kier alpha value is -2.67. The predicted molar refractivity (Wildman–Crippen MR) is 106 cm³/mol. The minimum Gasteiger partial charge on any atom is -0.419 e. The van der Waals surface area contributed by atoms with Crippen LogP contribution in [0.4, 0.5) is 5.69 Å². The minimum absolute atomic E-state index is 0.121. The fraction of sp³-hybridized carbons (Fsp3) is 0.250. The summed E-state index contributed by atoms with van der Waals surface area (Å²) >= 11 is 3.51. The maximum absolute atomic E-state index is 11.9. The fourth-order valence-electron chi connectivity index (χ4n) is 3.59. The summed E-state index contributed by atoms with van der Waals surface area (Å²) < 4.78 is 6.81. The molecule has 4 rings (SSSR count). The van der Waals surface area contributed by atoms with Crippen LogP contribution in [0.3, 0.4) is 0 Å². The number of primary amides is 1. The summed E-state index contributed by atoms with van der Waals surface area (Å²) in [6, 6.07) is 15.7. The van der Waals surface area contributed by atoms with E-state index in [1.54, 1.807) is 0 Å². The zero-order chi connectivity index (χ0) is 19.0. The molecule has 2 heterocycles. The van der Waals surface area contributed by atoms with E-state index in [1.807, 2.05) is 48.5 Å². The monoisotopic (exact) mass is 426 g/mol. The molecule has 0 radical (unpaired) electrons. The molecule has 2 aromatic carbocycles. The van der Waals surface area contributed by atoms with Gasteiger partial charge >= 0.3 is 0 Å². The van der Waals surface area contributed by atoms with Gasteiger partial charge in [-0.2, -0.15) is 0 Å². The van der Waals surface area contributed by atoms with Crippen molar-refractivity contribution >= 4 is 27.5 Å². The molecule has 138 valence electrons. The van der Waals surface area contributed by atoms with Crippen molar-refractivity contribution in [3.8, 4) is 11.5 Å². The quantitative estimate of drug-likeness (QED) is 0.684. The van der Waals surface area contributed by atoms with E-state index < -0.39 is 0 Å². The number of amides is 1. The second-order valence-corrected chi connectivity index (χ2v) is 7.56. The van der Waals surface area contributed by atoms with Crippen LogP contribution < -0.4 is 10.6 Å². The fourth-order valence-corrected chi connectivity index (χ4v) is 4.05. The molecule has 0 fully saturated rings. The number of rotatable bonds is 4. The highest BCUT2D eigenvalue weighted by atomic mass is 79.9. The zero-order valence-electron chi connectivity index (χ0n) is 14.8. The van der Waals surface area contributed by atoms with E-state index in [4.69, 9.17) is 10.2 Å². The molecule has 1 aromatic heterocycles. The normalized spacial score (nSPS) is 19.0. The molecule has 1 aliphatic heterocycles. The van der Waals surface area contributed by atoms with Gasteiger partial charge in [0.15, 0.2) is 0 Å². The summed E-state index contributed by atoms with van der Waals surface area (Å²) in [5.41, 5.74) is 8.42. The van der Waals surface area contributed by atoms with Gasteiger partial charge in [0.2, 0.25) is 17.7 Å². The van der Waals surface area contributed by atoms with E-state index in [1.165, 1.54) is 0 Å². The lowest BCUT2D eigenvalue weighted by molar-refractivity contribution is -0.119. The van der Waals surface area contributed by atoms with E-state index in [0.29, 0.717) is 24.7 Å². The van der Waals surface area contributed by atoms with Gasteiger partial charge in [0, 0.05) is 16.2 Å². The number of anilines is 1. The van der Waals surface area contributed by atoms with Crippen LogP contribution in [0, 0.1) is 0 Å². The van der Waals surface area contributed by atoms with Gasteiger partial charge in [0.1, 0.15) is 0 Å². The molecule has 6 nitrogen and oxygen atoms in total. The van der Waals surface area contributed by atoms with Crippen molar-refractivity contribution < 1.29 is 9.21 Å². The second-order valence-electron chi connectivity index (χ2n) is 6.71. The average Bonchev–Trinajstić information content (AvgIpc) is 3.12. The first-order valence-corrected chi connectivity index (χ1v) is 9.56. The van der Waals surface area contributed by atoms with Crippen molar-refractivity contribution in [3.05, 3.63) is 64.5 Å². The number of hydrogen-bond acceptors (Lipinski definition) is 5. The Labute approximate surface area is 165 Å². The maximum atomic E-state index is 11.9. The van der Waals surface area contributed by atoms with Crippen LogP contribution in [0.2, 0.25) is 0 Å². The number of para-hydroxylation sites is 1. The Balaban J connectivity index is 1.64. The highest BCUT2D eigenvalue weighted by Gasteiger charge is 2.33. The summed E-state index contributed by atoms with van der Waals surface area (Å²) in [6.45, 7) is 2.55. The van der Waals surface area contributed by atoms with Gasteiger partial charge in [-0.25, -0.2) is 0 Å². The molecule has 0 unspecified atom stereocenters. The Kier molecular flexibility index (Phi) is 4.70. The summed E-state index contributed by atoms with van der Waals surface area (Å²) in [5, 5.41) is 8.41. The lowest BCUT2D eigenvalue weighted by Gasteiger charge is -2.39. The first-order valence-electron chi connectivity index (χ1n) is 8.76. The summed E-state index contributed by atoms with van der Waals surface area (Å²) in [5.74, 6) is 0.444. The SMILES string of the molecule is C[C@H]1C[C@@H](C(N)=O)c2ccccc2N1Cc1nnc(-c2ccccc2Br)o1. The van der Waals surface area contributed by atoms with Crippen molar-refractivity contribution in [1.29, 1.82) is 0 Å². The van der Waals surface area contributed by atoms with Crippen LogP contribution in [0.5, 0.6) is 0 Å². The van der Waals surface area contributed by atoms with Gasteiger partial charge in [-0.15, -0.1) is 10.2 Å². The highest BCUT2D eigenvalue weighted by molar-refractivity contribution is 9.10. The molecule has 2 atom stereocenters. The molecule has 0 aliphatic carbocycles. The van der Waals surface area contributed by atoms with E-state index in [9.17, 15) is 4.79 Å². The third-order valence-electron chi connectivity index (χ3n) is 4.95. The molecule has 1 amide bonds. The minimum atomic E-state index is -0.289. The Morgan fingerprint density at radius 2 is 1.96 bits per heavy atom. The number of nitrogens with two attached hydrogens (primary N) is 1. The Morgan fingerprint density at radius 1 is 1.22 bits per heavy atom. The number of carbonyl (C=O) groups excluding carboxylic acids is 1. The summed E-state index contributed by atoms with van der Waals surface area (Å²) in [7, 11) is 0. The van der Waals surface area contributed by atoms with E-state index in [-0.39, 0.29) is 17.9 Å². The molecule has 3 aromatic rings. The zero-order valence-corrected chi connectivity index (χ0v) is 16.4. The van der Waals surface area contributed by atoms with Crippen LogP contribution in [0.15, 0.2) is 57.4 Å². The molecule has 2 N–H and O–H groups in total. The number of benzene rings is 2. The van der Waals surface area contributed by atoms with Crippen molar-refractivity contribution in [2.45, 2.75) is 31.8 Å². The number of nitrogens with zero attached hydrogens (tertiary/aromatic N) is 3. The van der Waals surface area contributed by atoms with Gasteiger partial charge in [-0.1, -0.05) is 30.3 Å². The largest absolute Gasteiger partial charge is 0.419 e. The summed E-state index contributed by atoms with van der Waals surface area (Å²) in [4.78, 5) is 14.1. The smallest absolute Gasteiger partial charge is 0.248 e. The highest BCUT2D eigenvalue weighted by Crippen LogP contribution is 2.39. The number of aromatic nitrogens is 2. The molecule has 0 saturated carbocycles. The van der Waals surface area contributed by atoms with Crippen LogP contribution in [0.1, 0.15) is 30.7 Å². The molecular formula is C20H19BrN4O2. The molecule has 1 aliphatic rings. The molecule has 0 bridgehead atoms. The lowest BCUT2D eigenvalue weighted by atomic mass is 9.85. The van der Waals surface area contributed by atoms with Crippen molar-refractivity contribution in [3.63, 3.8) is 0 Å². The van der Waals surface area contributed by atoms with E-state index in [2.05, 4.69) is 38.0 Å². The van der Waals surface area contributed by atoms with E-state index in [0.717, 1.165) is 21.3 Å². The number of hydrogen-bond donors (Lipinski definition) is 1.